The highest BCUT2D eigenvalue weighted by atomic mass is 16.5. The van der Waals surface area contributed by atoms with Crippen LogP contribution in [-0.2, 0) is 6.61 Å². The fraction of sp³-hybridized carbons (Fsp3) is 0.0500. The molecule has 3 rings (SSSR count). The average molecular weight is 347 g/mol. The number of nitrogens with zero attached hydrogens (tertiary/aromatic N) is 2. The standard InChI is InChI=1S/C20H17N3O3/c24-20(23-17-7-4-10-21-13-17)18-11-16(12-22-25)8-9-19(18)26-14-15-5-2-1-3-6-15/h1-13,25H,14H2,(H,23,24). The second kappa shape index (κ2) is 8.43. The first-order chi connectivity index (χ1) is 12.8. The summed E-state index contributed by atoms with van der Waals surface area (Å²) in [4.78, 5) is 16.7. The van der Waals surface area contributed by atoms with Crippen molar-refractivity contribution in [1.82, 2.24) is 4.98 Å². The van der Waals surface area contributed by atoms with Gasteiger partial charge in [-0.05, 0) is 41.5 Å². The van der Waals surface area contributed by atoms with E-state index in [-0.39, 0.29) is 5.91 Å². The number of benzene rings is 2. The Bertz CT molecular complexity index is 897. The Morgan fingerprint density at radius 1 is 1.15 bits per heavy atom. The predicted octanol–water partition coefficient (Wildman–Crippen LogP) is 3.72. The Hall–Kier alpha value is -3.67. The molecule has 130 valence electrons. The lowest BCUT2D eigenvalue weighted by Gasteiger charge is -2.12. The number of aromatic nitrogens is 1. The number of pyridine rings is 1. The molecule has 3 aromatic rings. The normalized spacial score (nSPS) is 10.6. The first-order valence-corrected chi connectivity index (χ1v) is 7.96. The van der Waals surface area contributed by atoms with Crippen molar-refractivity contribution < 1.29 is 14.7 Å². The molecule has 2 N–H and O–H groups in total. The van der Waals surface area contributed by atoms with Crippen LogP contribution in [0, 0.1) is 0 Å². The van der Waals surface area contributed by atoms with Gasteiger partial charge in [0.15, 0.2) is 0 Å². The summed E-state index contributed by atoms with van der Waals surface area (Å²) >= 11 is 0. The van der Waals surface area contributed by atoms with Gasteiger partial charge in [-0.2, -0.15) is 0 Å². The van der Waals surface area contributed by atoms with E-state index in [0.29, 0.717) is 29.2 Å². The van der Waals surface area contributed by atoms with Gasteiger partial charge in [0.25, 0.3) is 5.91 Å². The Morgan fingerprint density at radius 2 is 2.00 bits per heavy atom. The highest BCUT2D eigenvalue weighted by molar-refractivity contribution is 6.07. The van der Waals surface area contributed by atoms with Crippen molar-refractivity contribution in [1.29, 1.82) is 0 Å². The largest absolute Gasteiger partial charge is 0.488 e. The molecule has 0 aliphatic heterocycles. The topological polar surface area (TPSA) is 83.8 Å². The Kier molecular flexibility index (Phi) is 5.57. The van der Waals surface area contributed by atoms with E-state index >= 15 is 0 Å². The van der Waals surface area contributed by atoms with Crippen LogP contribution in [0.1, 0.15) is 21.5 Å². The van der Waals surface area contributed by atoms with E-state index in [1.807, 2.05) is 30.3 Å². The second-order valence-electron chi connectivity index (χ2n) is 5.47. The summed E-state index contributed by atoms with van der Waals surface area (Å²) in [5, 5.41) is 14.5. The lowest BCUT2D eigenvalue weighted by molar-refractivity contribution is 0.102. The molecule has 0 spiro atoms. The van der Waals surface area contributed by atoms with Gasteiger partial charge >= 0.3 is 0 Å². The molecule has 0 saturated heterocycles. The monoisotopic (exact) mass is 347 g/mol. The highest BCUT2D eigenvalue weighted by Gasteiger charge is 2.14. The summed E-state index contributed by atoms with van der Waals surface area (Å²) in [6.45, 7) is 0.335. The molecule has 0 aliphatic carbocycles. The smallest absolute Gasteiger partial charge is 0.259 e. The van der Waals surface area contributed by atoms with Crippen LogP contribution in [0.5, 0.6) is 5.75 Å². The molecule has 1 aromatic heterocycles. The van der Waals surface area contributed by atoms with Gasteiger partial charge in [0, 0.05) is 6.20 Å². The molecule has 1 heterocycles. The van der Waals surface area contributed by atoms with Crippen molar-refractivity contribution in [3.8, 4) is 5.75 Å². The SMILES string of the molecule is O=C(Nc1cccnc1)c1cc(C=NO)ccc1OCc1ccccc1. The summed E-state index contributed by atoms with van der Waals surface area (Å²) in [6, 6.07) is 18.1. The van der Waals surface area contributed by atoms with Crippen LogP contribution in [0.3, 0.4) is 0 Å². The molecule has 0 atom stereocenters. The molecule has 0 bridgehead atoms. The van der Waals surface area contributed by atoms with E-state index in [2.05, 4.69) is 15.5 Å². The summed E-state index contributed by atoms with van der Waals surface area (Å²) in [6.07, 6.45) is 4.44. The van der Waals surface area contributed by atoms with E-state index in [9.17, 15) is 4.79 Å². The molecule has 0 fully saturated rings. The number of hydrogen-bond acceptors (Lipinski definition) is 5. The second-order valence-corrected chi connectivity index (χ2v) is 5.47. The zero-order valence-corrected chi connectivity index (χ0v) is 13.9. The summed E-state index contributed by atoms with van der Waals surface area (Å²) in [5.41, 5.74) is 2.48. The fourth-order valence-electron chi connectivity index (χ4n) is 2.37. The number of hydrogen-bond donors (Lipinski definition) is 2. The first-order valence-electron chi connectivity index (χ1n) is 7.96. The van der Waals surface area contributed by atoms with Gasteiger partial charge in [0.1, 0.15) is 12.4 Å². The molecule has 0 unspecified atom stereocenters. The minimum absolute atomic E-state index is 0.335. The number of nitrogens with one attached hydrogen (secondary N) is 1. The molecule has 26 heavy (non-hydrogen) atoms. The maximum Gasteiger partial charge on any atom is 0.259 e. The molecule has 0 radical (unpaired) electrons. The third kappa shape index (κ3) is 4.45. The van der Waals surface area contributed by atoms with Crippen molar-refractivity contribution in [2.45, 2.75) is 6.61 Å². The zero-order valence-electron chi connectivity index (χ0n) is 13.9. The van der Waals surface area contributed by atoms with Gasteiger partial charge in [-0.25, -0.2) is 0 Å². The first kappa shape index (κ1) is 17.2. The average Bonchev–Trinajstić information content (AvgIpc) is 2.69. The molecular weight excluding hydrogens is 330 g/mol. The third-order valence-corrected chi connectivity index (χ3v) is 3.61. The molecule has 6 heteroatoms. The van der Waals surface area contributed by atoms with Crippen molar-refractivity contribution >= 4 is 17.8 Å². The zero-order chi connectivity index (χ0) is 18.2. The van der Waals surface area contributed by atoms with E-state index < -0.39 is 0 Å². The number of carbonyl (C=O) groups excluding carboxylic acids is 1. The van der Waals surface area contributed by atoms with Gasteiger partial charge in [-0.1, -0.05) is 35.5 Å². The van der Waals surface area contributed by atoms with E-state index in [4.69, 9.17) is 9.94 Å². The van der Waals surface area contributed by atoms with Crippen molar-refractivity contribution in [2.24, 2.45) is 5.16 Å². The van der Waals surface area contributed by atoms with Gasteiger partial charge < -0.3 is 15.3 Å². The summed E-state index contributed by atoms with van der Waals surface area (Å²) in [5.74, 6) is 0.0968. The molecule has 0 saturated carbocycles. The molecular formula is C20H17N3O3. The number of rotatable bonds is 6. The van der Waals surface area contributed by atoms with Gasteiger partial charge in [-0.3, -0.25) is 9.78 Å². The van der Waals surface area contributed by atoms with Gasteiger partial charge in [0.05, 0.1) is 23.7 Å². The lowest BCUT2D eigenvalue weighted by atomic mass is 10.1. The summed E-state index contributed by atoms with van der Waals surface area (Å²) in [7, 11) is 0. The van der Waals surface area contributed by atoms with Crippen LogP contribution >= 0.6 is 0 Å². The Morgan fingerprint density at radius 3 is 2.73 bits per heavy atom. The Labute approximate surface area is 150 Å². The lowest BCUT2D eigenvalue weighted by Crippen LogP contribution is -2.14. The molecule has 1 amide bonds. The Balaban J connectivity index is 1.84. The van der Waals surface area contributed by atoms with E-state index in [1.54, 1.807) is 42.7 Å². The van der Waals surface area contributed by atoms with Crippen LogP contribution < -0.4 is 10.1 Å². The van der Waals surface area contributed by atoms with Crippen LogP contribution in [0.15, 0.2) is 78.2 Å². The van der Waals surface area contributed by atoms with Crippen LogP contribution in [0.4, 0.5) is 5.69 Å². The van der Waals surface area contributed by atoms with Gasteiger partial charge in [0.2, 0.25) is 0 Å². The molecule has 6 nitrogen and oxygen atoms in total. The maximum absolute atomic E-state index is 12.7. The number of anilines is 1. The minimum Gasteiger partial charge on any atom is -0.488 e. The highest BCUT2D eigenvalue weighted by Crippen LogP contribution is 2.22. The number of carbonyl (C=O) groups is 1. The fourth-order valence-corrected chi connectivity index (χ4v) is 2.37. The summed E-state index contributed by atoms with van der Waals surface area (Å²) < 4.78 is 5.83. The van der Waals surface area contributed by atoms with Crippen LogP contribution in [-0.4, -0.2) is 22.3 Å². The quantitative estimate of drug-likeness (QED) is 0.404. The number of amides is 1. The number of oxime groups is 1. The van der Waals surface area contributed by atoms with E-state index in [1.165, 1.54) is 6.21 Å². The van der Waals surface area contributed by atoms with Crippen LogP contribution in [0.25, 0.3) is 0 Å². The molecule has 0 aliphatic rings. The minimum atomic E-state index is -0.339. The number of ether oxygens (including phenoxy) is 1. The van der Waals surface area contributed by atoms with Crippen molar-refractivity contribution in [3.05, 3.63) is 89.7 Å². The molecule has 2 aromatic carbocycles. The third-order valence-electron chi connectivity index (χ3n) is 3.61. The predicted molar refractivity (Wildman–Crippen MR) is 98.8 cm³/mol. The maximum atomic E-state index is 12.7. The van der Waals surface area contributed by atoms with Crippen LogP contribution in [0.2, 0.25) is 0 Å². The van der Waals surface area contributed by atoms with Crippen molar-refractivity contribution in [2.75, 3.05) is 5.32 Å². The van der Waals surface area contributed by atoms with Crippen molar-refractivity contribution in [3.63, 3.8) is 0 Å². The van der Waals surface area contributed by atoms with E-state index in [0.717, 1.165) is 5.56 Å². The van der Waals surface area contributed by atoms with Gasteiger partial charge in [-0.15, -0.1) is 0 Å².